The van der Waals surface area contributed by atoms with Crippen LogP contribution in [0.1, 0.15) is 12.0 Å². The van der Waals surface area contributed by atoms with E-state index in [1.54, 1.807) is 22.9 Å². The molecule has 4 nitrogen and oxygen atoms in total. The Morgan fingerprint density at radius 2 is 2.14 bits per heavy atom. The lowest BCUT2D eigenvalue weighted by atomic mass is 10.1. The van der Waals surface area contributed by atoms with E-state index in [2.05, 4.69) is 4.98 Å². The molecule has 1 aliphatic rings. The second-order valence-electron chi connectivity index (χ2n) is 5.25. The van der Waals surface area contributed by atoms with Crippen LogP contribution in [-0.2, 0) is 6.42 Å². The summed E-state index contributed by atoms with van der Waals surface area (Å²) in [6, 6.07) is 11.0. The molecule has 0 atom stereocenters. The molecule has 4 rings (SSSR count). The van der Waals surface area contributed by atoms with Gasteiger partial charge in [-0.05, 0) is 43.2 Å². The lowest BCUT2D eigenvalue weighted by Gasteiger charge is -2.21. The van der Waals surface area contributed by atoms with Gasteiger partial charge >= 0.3 is 0 Å². The molecule has 0 radical (unpaired) electrons. The molecule has 5 heteroatoms. The van der Waals surface area contributed by atoms with Crippen LogP contribution in [0.25, 0.3) is 16.7 Å². The van der Waals surface area contributed by atoms with Crippen LogP contribution < -0.4 is 10.3 Å². The Balaban J connectivity index is 2.15. The minimum absolute atomic E-state index is 0.0804. The molecule has 0 saturated carbocycles. The topological polar surface area (TPSA) is 44.1 Å². The molecule has 0 amide bonds. The van der Waals surface area contributed by atoms with Crippen molar-refractivity contribution in [3.8, 4) is 11.4 Å². The summed E-state index contributed by atoms with van der Waals surface area (Å²) < 4.78 is 7.37. The van der Waals surface area contributed by atoms with Crippen LogP contribution in [-0.4, -0.2) is 16.2 Å². The van der Waals surface area contributed by atoms with Crippen molar-refractivity contribution in [2.75, 3.05) is 6.61 Å². The molecular weight excluding hydrogens is 300 g/mol. The zero-order valence-corrected chi connectivity index (χ0v) is 12.5. The normalized spacial score (nSPS) is 13.7. The number of hydrogen-bond donors (Lipinski definition) is 0. The van der Waals surface area contributed by atoms with Gasteiger partial charge < -0.3 is 4.74 Å². The van der Waals surface area contributed by atoms with Gasteiger partial charge in [0.2, 0.25) is 0 Å². The summed E-state index contributed by atoms with van der Waals surface area (Å²) in [5, 5.41) is 1.44. The van der Waals surface area contributed by atoms with Crippen molar-refractivity contribution in [2.24, 2.45) is 0 Å². The van der Waals surface area contributed by atoms with E-state index in [0.717, 1.165) is 23.9 Å². The Labute approximate surface area is 131 Å². The number of pyridine rings is 2. The first kappa shape index (κ1) is 13.3. The maximum absolute atomic E-state index is 12.9. The van der Waals surface area contributed by atoms with Gasteiger partial charge in [0, 0.05) is 11.2 Å². The van der Waals surface area contributed by atoms with Crippen LogP contribution in [0.4, 0.5) is 0 Å². The van der Waals surface area contributed by atoms with Gasteiger partial charge in [-0.3, -0.25) is 9.36 Å². The summed E-state index contributed by atoms with van der Waals surface area (Å²) in [6.45, 7) is 0.637. The van der Waals surface area contributed by atoms with Gasteiger partial charge in [0.15, 0.2) is 5.65 Å². The van der Waals surface area contributed by atoms with E-state index < -0.39 is 0 Å². The van der Waals surface area contributed by atoms with Crippen molar-refractivity contribution >= 4 is 22.6 Å². The monoisotopic (exact) mass is 312 g/mol. The fraction of sp³-hybridized carbons (Fsp3) is 0.176. The van der Waals surface area contributed by atoms with Gasteiger partial charge in [0.25, 0.3) is 5.56 Å². The number of nitrogens with zero attached hydrogens (tertiary/aromatic N) is 2. The number of benzene rings is 1. The Kier molecular flexibility index (Phi) is 3.12. The molecule has 0 N–H and O–H groups in total. The fourth-order valence-electron chi connectivity index (χ4n) is 2.91. The van der Waals surface area contributed by atoms with Crippen LogP contribution in [0.3, 0.4) is 0 Å². The van der Waals surface area contributed by atoms with Gasteiger partial charge in [0.05, 0.1) is 23.2 Å². The Morgan fingerprint density at radius 1 is 1.23 bits per heavy atom. The van der Waals surface area contributed by atoms with E-state index in [0.29, 0.717) is 28.6 Å². The SMILES string of the molecule is O=c1c2c(c3cccnc3n1-c1cccc(Cl)c1)OCCC2. The zero-order chi connectivity index (χ0) is 15.1. The second kappa shape index (κ2) is 5.14. The number of fused-ring (bicyclic) bond motifs is 3. The molecule has 2 aromatic heterocycles. The maximum atomic E-state index is 12.9. The molecule has 0 bridgehead atoms. The molecule has 110 valence electrons. The number of halogens is 1. The van der Waals surface area contributed by atoms with Crippen LogP contribution >= 0.6 is 11.6 Å². The molecule has 22 heavy (non-hydrogen) atoms. The molecule has 0 spiro atoms. The van der Waals surface area contributed by atoms with Gasteiger partial charge in [-0.25, -0.2) is 4.98 Å². The van der Waals surface area contributed by atoms with Crippen LogP contribution in [0.5, 0.6) is 5.75 Å². The van der Waals surface area contributed by atoms with E-state index in [9.17, 15) is 4.79 Å². The predicted molar refractivity (Wildman–Crippen MR) is 86.2 cm³/mol. The van der Waals surface area contributed by atoms with E-state index >= 15 is 0 Å². The number of ether oxygens (including phenoxy) is 1. The summed E-state index contributed by atoms with van der Waals surface area (Å²) in [7, 11) is 0. The minimum atomic E-state index is -0.0804. The lowest BCUT2D eigenvalue weighted by Crippen LogP contribution is -2.27. The van der Waals surface area contributed by atoms with Crippen molar-refractivity contribution in [3.63, 3.8) is 0 Å². The molecule has 0 saturated heterocycles. The first-order valence-corrected chi connectivity index (χ1v) is 7.55. The third kappa shape index (κ3) is 1.99. The Hall–Kier alpha value is -2.33. The molecule has 0 unspecified atom stereocenters. The molecule has 1 aliphatic heterocycles. The van der Waals surface area contributed by atoms with Crippen LogP contribution in [0.15, 0.2) is 47.4 Å². The maximum Gasteiger partial charge on any atom is 0.263 e. The molecule has 3 aromatic rings. The highest BCUT2D eigenvalue weighted by atomic mass is 35.5. The first-order valence-electron chi connectivity index (χ1n) is 7.17. The lowest BCUT2D eigenvalue weighted by molar-refractivity contribution is 0.290. The van der Waals surface area contributed by atoms with Crippen molar-refractivity contribution in [3.05, 3.63) is 63.5 Å². The van der Waals surface area contributed by atoms with Crippen LogP contribution in [0, 0.1) is 0 Å². The number of hydrogen-bond acceptors (Lipinski definition) is 3. The first-order chi connectivity index (χ1) is 10.8. The van der Waals surface area contributed by atoms with Gasteiger partial charge in [-0.1, -0.05) is 17.7 Å². The van der Waals surface area contributed by atoms with Crippen molar-refractivity contribution in [1.82, 2.24) is 9.55 Å². The largest absolute Gasteiger partial charge is 0.492 e. The van der Waals surface area contributed by atoms with Gasteiger partial charge in [-0.2, -0.15) is 0 Å². The molecule has 1 aromatic carbocycles. The zero-order valence-electron chi connectivity index (χ0n) is 11.8. The summed E-state index contributed by atoms with van der Waals surface area (Å²) in [5.74, 6) is 0.678. The van der Waals surface area contributed by atoms with E-state index in [1.165, 1.54) is 0 Å². The third-order valence-corrected chi connectivity index (χ3v) is 4.10. The minimum Gasteiger partial charge on any atom is -0.492 e. The molecular formula is C17H13ClN2O2. The second-order valence-corrected chi connectivity index (χ2v) is 5.69. The molecule has 3 heterocycles. The highest BCUT2D eigenvalue weighted by Crippen LogP contribution is 2.31. The van der Waals surface area contributed by atoms with E-state index in [1.807, 2.05) is 24.3 Å². The highest BCUT2D eigenvalue weighted by Gasteiger charge is 2.22. The number of rotatable bonds is 1. The quantitative estimate of drug-likeness (QED) is 0.692. The van der Waals surface area contributed by atoms with Gasteiger partial charge in [0.1, 0.15) is 5.75 Å². The number of aromatic nitrogens is 2. The smallest absolute Gasteiger partial charge is 0.263 e. The fourth-order valence-corrected chi connectivity index (χ4v) is 3.09. The highest BCUT2D eigenvalue weighted by molar-refractivity contribution is 6.30. The van der Waals surface area contributed by atoms with Crippen LogP contribution in [0.2, 0.25) is 5.02 Å². The third-order valence-electron chi connectivity index (χ3n) is 3.86. The van der Waals surface area contributed by atoms with Gasteiger partial charge in [-0.15, -0.1) is 0 Å². The Bertz CT molecular complexity index is 934. The van der Waals surface area contributed by atoms with Crippen molar-refractivity contribution < 1.29 is 4.74 Å². The predicted octanol–water partition coefficient (Wildman–Crippen LogP) is 3.36. The van der Waals surface area contributed by atoms with E-state index in [-0.39, 0.29) is 5.56 Å². The van der Waals surface area contributed by atoms with E-state index in [4.69, 9.17) is 16.3 Å². The molecule has 0 fully saturated rings. The average molecular weight is 313 g/mol. The van der Waals surface area contributed by atoms with Crippen molar-refractivity contribution in [2.45, 2.75) is 12.8 Å². The summed E-state index contributed by atoms with van der Waals surface area (Å²) >= 11 is 6.08. The Morgan fingerprint density at radius 3 is 3.00 bits per heavy atom. The summed E-state index contributed by atoms with van der Waals surface area (Å²) in [6.07, 6.45) is 3.25. The molecule has 0 aliphatic carbocycles. The standard InChI is InChI=1S/C17H13ClN2O2/c18-11-4-1-5-12(10-11)20-16-13(6-2-8-19-16)15-14(17(20)21)7-3-9-22-15/h1-2,4-6,8,10H,3,7,9H2. The summed E-state index contributed by atoms with van der Waals surface area (Å²) in [5.41, 5.74) is 1.94. The summed E-state index contributed by atoms with van der Waals surface area (Å²) in [4.78, 5) is 17.3. The van der Waals surface area contributed by atoms with Crippen molar-refractivity contribution in [1.29, 1.82) is 0 Å². The average Bonchev–Trinajstić information content (AvgIpc) is 2.55.